The molecular weight excluding hydrogens is 213 g/mol. The van der Waals surface area contributed by atoms with Gasteiger partial charge in [0, 0.05) is 6.20 Å². The van der Waals surface area contributed by atoms with Gasteiger partial charge in [-0.2, -0.15) is 0 Å². The fraction of sp³-hybridized carbons (Fsp3) is 0.0909. The molecule has 0 amide bonds. The molecule has 0 saturated carbocycles. The van der Waals surface area contributed by atoms with Crippen LogP contribution in [0.25, 0.3) is 10.4 Å². The van der Waals surface area contributed by atoms with Crippen LogP contribution in [0.2, 0.25) is 0 Å². The average Bonchev–Trinajstić information content (AvgIpc) is 2.70. The van der Waals surface area contributed by atoms with E-state index in [1.54, 1.807) is 25.3 Å². The molecule has 0 bridgehead atoms. The van der Waals surface area contributed by atoms with Crippen molar-refractivity contribution in [3.05, 3.63) is 40.8 Å². The smallest absolute Gasteiger partial charge is 0.178 e. The number of nitrogens with zero attached hydrogens (tertiary/aromatic N) is 1. The first-order chi connectivity index (χ1) is 7.20. The van der Waals surface area contributed by atoms with Crippen molar-refractivity contribution in [2.45, 2.75) is 6.92 Å². The Kier molecular flexibility index (Phi) is 2.60. The minimum atomic E-state index is -0.223. The molecule has 1 heterocycles. The number of thiazole rings is 1. The van der Waals surface area contributed by atoms with Crippen molar-refractivity contribution in [3.63, 3.8) is 0 Å². The van der Waals surface area contributed by atoms with Crippen molar-refractivity contribution < 1.29 is 9.18 Å². The normalized spacial score (nSPS) is 10.3. The highest BCUT2D eigenvalue weighted by Crippen LogP contribution is 2.26. The molecule has 0 aliphatic rings. The molecule has 0 radical (unpaired) electrons. The van der Waals surface area contributed by atoms with E-state index in [2.05, 4.69) is 4.98 Å². The molecule has 0 atom stereocenters. The fourth-order valence-corrected chi connectivity index (χ4v) is 2.00. The molecule has 2 aromatic rings. The van der Waals surface area contributed by atoms with Crippen LogP contribution in [0.5, 0.6) is 0 Å². The van der Waals surface area contributed by atoms with E-state index in [4.69, 9.17) is 0 Å². The van der Waals surface area contributed by atoms with Crippen molar-refractivity contribution in [3.8, 4) is 10.4 Å². The topological polar surface area (TPSA) is 30.0 Å². The fourth-order valence-electron chi connectivity index (χ4n) is 1.27. The standard InChI is InChI=1S/C11H8FNOS/c1-7-4-8(2-3-9(7)12)10-5-13-11(6-14)15-10/h2-6H,1H3. The van der Waals surface area contributed by atoms with Crippen LogP contribution >= 0.6 is 11.3 Å². The van der Waals surface area contributed by atoms with Gasteiger partial charge >= 0.3 is 0 Å². The van der Waals surface area contributed by atoms with Crippen LogP contribution < -0.4 is 0 Å². The van der Waals surface area contributed by atoms with Crippen LogP contribution in [0.3, 0.4) is 0 Å². The summed E-state index contributed by atoms with van der Waals surface area (Å²) in [7, 11) is 0. The predicted octanol–water partition coefficient (Wildman–Crippen LogP) is 3.07. The third kappa shape index (κ3) is 1.94. The monoisotopic (exact) mass is 221 g/mol. The molecule has 0 spiro atoms. The van der Waals surface area contributed by atoms with E-state index < -0.39 is 0 Å². The summed E-state index contributed by atoms with van der Waals surface area (Å²) >= 11 is 1.30. The van der Waals surface area contributed by atoms with E-state index in [1.165, 1.54) is 17.4 Å². The predicted molar refractivity (Wildman–Crippen MR) is 57.6 cm³/mol. The lowest BCUT2D eigenvalue weighted by Crippen LogP contribution is -1.81. The third-order valence-corrected chi connectivity index (χ3v) is 3.04. The van der Waals surface area contributed by atoms with Gasteiger partial charge < -0.3 is 0 Å². The Hall–Kier alpha value is -1.55. The summed E-state index contributed by atoms with van der Waals surface area (Å²) in [5.41, 5.74) is 1.48. The van der Waals surface area contributed by atoms with Crippen LogP contribution in [0.1, 0.15) is 15.4 Å². The van der Waals surface area contributed by atoms with Crippen LogP contribution in [0.4, 0.5) is 4.39 Å². The zero-order valence-corrected chi connectivity index (χ0v) is 8.84. The maximum atomic E-state index is 13.0. The number of aldehydes is 1. The Labute approximate surface area is 90.4 Å². The summed E-state index contributed by atoms with van der Waals surface area (Å²) in [6, 6.07) is 4.85. The highest BCUT2D eigenvalue weighted by atomic mass is 32.1. The largest absolute Gasteiger partial charge is 0.295 e. The number of rotatable bonds is 2. The lowest BCUT2D eigenvalue weighted by molar-refractivity contribution is 0.112. The average molecular weight is 221 g/mol. The van der Waals surface area contributed by atoms with Crippen LogP contribution in [-0.2, 0) is 0 Å². The van der Waals surface area contributed by atoms with Gasteiger partial charge in [-0.3, -0.25) is 4.79 Å². The van der Waals surface area contributed by atoms with Crippen LogP contribution in [0.15, 0.2) is 24.4 Å². The van der Waals surface area contributed by atoms with E-state index in [9.17, 15) is 9.18 Å². The molecule has 0 saturated heterocycles. The summed E-state index contributed by atoms with van der Waals surface area (Å²) in [6.07, 6.45) is 2.34. The second-order valence-electron chi connectivity index (χ2n) is 3.14. The molecule has 0 unspecified atom stereocenters. The van der Waals surface area contributed by atoms with Crippen molar-refractivity contribution in [1.29, 1.82) is 0 Å². The lowest BCUT2D eigenvalue weighted by atomic mass is 10.1. The zero-order valence-electron chi connectivity index (χ0n) is 8.03. The molecule has 0 N–H and O–H groups in total. The molecule has 76 valence electrons. The maximum Gasteiger partial charge on any atom is 0.178 e. The van der Waals surface area contributed by atoms with Gasteiger partial charge in [0.2, 0.25) is 0 Å². The molecule has 4 heteroatoms. The van der Waals surface area contributed by atoms with Crippen molar-refractivity contribution in [1.82, 2.24) is 4.98 Å². The molecular formula is C11H8FNOS. The van der Waals surface area contributed by atoms with E-state index in [0.29, 0.717) is 16.9 Å². The summed E-state index contributed by atoms with van der Waals surface area (Å²) in [6.45, 7) is 1.71. The van der Waals surface area contributed by atoms with Gasteiger partial charge in [0.15, 0.2) is 11.3 Å². The SMILES string of the molecule is Cc1cc(-c2cnc(C=O)s2)ccc1F. The number of hydrogen-bond donors (Lipinski definition) is 0. The second-order valence-corrected chi connectivity index (χ2v) is 4.21. The molecule has 1 aromatic heterocycles. The number of aryl methyl sites for hydroxylation is 1. The lowest BCUT2D eigenvalue weighted by Gasteiger charge is -1.99. The number of hydrogen-bond acceptors (Lipinski definition) is 3. The van der Waals surface area contributed by atoms with Gasteiger partial charge in [-0.25, -0.2) is 9.37 Å². The second kappa shape index (κ2) is 3.90. The summed E-state index contributed by atoms with van der Waals surface area (Å²) in [5.74, 6) is -0.223. The van der Waals surface area contributed by atoms with Gasteiger partial charge in [0.1, 0.15) is 5.82 Å². The molecule has 15 heavy (non-hydrogen) atoms. The molecule has 2 nitrogen and oxygen atoms in total. The Balaban J connectivity index is 2.44. The summed E-state index contributed by atoms with van der Waals surface area (Å²) in [4.78, 5) is 15.3. The van der Waals surface area contributed by atoms with E-state index in [1.807, 2.05) is 0 Å². The first-order valence-corrected chi connectivity index (χ1v) is 5.20. The van der Waals surface area contributed by atoms with Gasteiger partial charge in [-0.05, 0) is 30.2 Å². The molecule has 0 aliphatic carbocycles. The first kappa shape index (κ1) is 9.98. The third-order valence-electron chi connectivity index (χ3n) is 2.07. The molecule has 0 aliphatic heterocycles. The Bertz CT molecular complexity index is 507. The minimum Gasteiger partial charge on any atom is -0.295 e. The number of aromatic nitrogens is 1. The van der Waals surface area contributed by atoms with Crippen LogP contribution in [0, 0.1) is 12.7 Å². The van der Waals surface area contributed by atoms with Gasteiger partial charge in [0.25, 0.3) is 0 Å². The van der Waals surface area contributed by atoms with E-state index >= 15 is 0 Å². The van der Waals surface area contributed by atoms with Crippen molar-refractivity contribution in [2.75, 3.05) is 0 Å². The Morgan fingerprint density at radius 2 is 2.27 bits per heavy atom. The summed E-state index contributed by atoms with van der Waals surface area (Å²) < 4.78 is 13.0. The zero-order chi connectivity index (χ0) is 10.8. The number of carbonyl (C=O) groups is 1. The van der Waals surface area contributed by atoms with Crippen molar-refractivity contribution >= 4 is 17.6 Å². The molecule has 0 fully saturated rings. The Morgan fingerprint density at radius 1 is 1.47 bits per heavy atom. The van der Waals surface area contributed by atoms with Gasteiger partial charge in [-0.1, -0.05) is 6.07 Å². The molecule has 2 rings (SSSR count). The highest BCUT2D eigenvalue weighted by Gasteiger charge is 2.05. The first-order valence-electron chi connectivity index (χ1n) is 4.38. The number of halogens is 1. The number of carbonyl (C=O) groups excluding carboxylic acids is 1. The minimum absolute atomic E-state index is 0.223. The maximum absolute atomic E-state index is 13.0. The van der Waals surface area contributed by atoms with Crippen LogP contribution in [-0.4, -0.2) is 11.3 Å². The molecule has 1 aromatic carbocycles. The van der Waals surface area contributed by atoms with E-state index in [-0.39, 0.29) is 5.82 Å². The summed E-state index contributed by atoms with van der Waals surface area (Å²) in [5, 5.41) is 0.437. The van der Waals surface area contributed by atoms with Gasteiger partial charge in [0.05, 0.1) is 4.88 Å². The van der Waals surface area contributed by atoms with E-state index in [0.717, 1.165) is 10.4 Å². The number of benzene rings is 1. The highest BCUT2D eigenvalue weighted by molar-refractivity contribution is 7.16. The Morgan fingerprint density at radius 3 is 2.87 bits per heavy atom. The van der Waals surface area contributed by atoms with Crippen molar-refractivity contribution in [2.24, 2.45) is 0 Å². The quantitative estimate of drug-likeness (QED) is 0.729. The van der Waals surface area contributed by atoms with Gasteiger partial charge in [-0.15, -0.1) is 11.3 Å².